The van der Waals surface area contributed by atoms with Gasteiger partial charge in [-0.15, -0.1) is 0 Å². The molecule has 0 amide bonds. The lowest BCUT2D eigenvalue weighted by Gasteiger charge is -2.20. The summed E-state index contributed by atoms with van der Waals surface area (Å²) in [7, 11) is 0. The van der Waals surface area contributed by atoms with Gasteiger partial charge < -0.3 is 10.5 Å². The van der Waals surface area contributed by atoms with Gasteiger partial charge in [-0.05, 0) is 62.3 Å². The van der Waals surface area contributed by atoms with Crippen LogP contribution in [0.5, 0.6) is 5.75 Å². The van der Waals surface area contributed by atoms with Crippen molar-refractivity contribution in [3.8, 4) is 5.75 Å². The minimum Gasteiger partial charge on any atom is -0.493 e. The minimum atomic E-state index is -0.177. The molecule has 2 atom stereocenters. The number of nitrogens with two attached hydrogens (primary N) is 1. The van der Waals surface area contributed by atoms with E-state index in [1.807, 2.05) is 0 Å². The Morgan fingerprint density at radius 3 is 2.79 bits per heavy atom. The summed E-state index contributed by atoms with van der Waals surface area (Å²) in [6.07, 6.45) is 4.59. The summed E-state index contributed by atoms with van der Waals surface area (Å²) in [5, 5.41) is 0. The second kappa shape index (κ2) is 4.78. The number of halogens is 1. The van der Waals surface area contributed by atoms with Gasteiger partial charge in [0.2, 0.25) is 0 Å². The van der Waals surface area contributed by atoms with Crippen LogP contribution in [-0.4, -0.2) is 13.2 Å². The highest BCUT2D eigenvalue weighted by Crippen LogP contribution is 2.58. The fourth-order valence-electron chi connectivity index (χ4n) is 3.15. The van der Waals surface area contributed by atoms with E-state index in [4.69, 9.17) is 10.5 Å². The van der Waals surface area contributed by atoms with Gasteiger partial charge in [-0.3, -0.25) is 0 Å². The fraction of sp³-hybridized carbons (Fsp3) is 0.625. The van der Waals surface area contributed by atoms with Crippen molar-refractivity contribution < 1.29 is 9.13 Å². The number of ether oxygens (including phenoxy) is 1. The maximum absolute atomic E-state index is 13.6. The van der Waals surface area contributed by atoms with Gasteiger partial charge in [0.05, 0.1) is 6.61 Å². The Bertz CT molecular complexity index is 472. The molecule has 1 aromatic rings. The van der Waals surface area contributed by atoms with Crippen molar-refractivity contribution in [1.29, 1.82) is 0 Å². The molecule has 0 saturated heterocycles. The highest BCUT2D eigenvalue weighted by Gasteiger charge is 2.54. The zero-order chi connectivity index (χ0) is 13.5. The van der Waals surface area contributed by atoms with Gasteiger partial charge in [-0.1, -0.05) is 6.92 Å². The normalized spacial score (nSPS) is 29.3. The smallest absolute Gasteiger partial charge is 0.123 e. The van der Waals surface area contributed by atoms with Crippen LogP contribution in [0.2, 0.25) is 0 Å². The van der Waals surface area contributed by atoms with E-state index in [2.05, 4.69) is 6.92 Å². The summed E-state index contributed by atoms with van der Waals surface area (Å²) in [5.74, 6) is 1.87. The maximum Gasteiger partial charge on any atom is 0.123 e. The Balaban J connectivity index is 1.87. The number of rotatable bonds is 6. The predicted octanol–water partition coefficient (Wildman–Crippen LogP) is 3.24. The summed E-state index contributed by atoms with van der Waals surface area (Å²) in [6, 6.07) is 4.94. The van der Waals surface area contributed by atoms with Crippen LogP contribution < -0.4 is 10.5 Å². The molecular weight excluding hydrogens is 241 g/mol. The van der Waals surface area contributed by atoms with Crippen molar-refractivity contribution >= 4 is 0 Å². The predicted molar refractivity (Wildman–Crippen MR) is 73.7 cm³/mol. The summed E-state index contributed by atoms with van der Waals surface area (Å²) in [6.45, 7) is 3.60. The first-order valence-corrected chi connectivity index (χ1v) is 7.32. The molecule has 3 heteroatoms. The molecule has 0 heterocycles. The molecule has 0 radical (unpaired) electrons. The summed E-state index contributed by atoms with van der Waals surface area (Å²) in [5.41, 5.74) is 6.89. The van der Waals surface area contributed by atoms with Gasteiger partial charge in [0.15, 0.2) is 0 Å². The van der Waals surface area contributed by atoms with Gasteiger partial charge in [0.25, 0.3) is 0 Å². The number of benzene rings is 1. The van der Waals surface area contributed by atoms with Crippen molar-refractivity contribution in [2.75, 3.05) is 13.2 Å². The average Bonchev–Trinajstić information content (AvgIpc) is 3.32. The third-order valence-electron chi connectivity index (χ3n) is 4.80. The zero-order valence-electron chi connectivity index (χ0n) is 11.5. The third kappa shape index (κ3) is 2.36. The van der Waals surface area contributed by atoms with Crippen LogP contribution in [0.4, 0.5) is 4.39 Å². The van der Waals surface area contributed by atoms with Crippen LogP contribution in [0.15, 0.2) is 18.2 Å². The quantitative estimate of drug-likeness (QED) is 0.855. The van der Waals surface area contributed by atoms with Crippen LogP contribution >= 0.6 is 0 Å². The highest BCUT2D eigenvalue weighted by atomic mass is 19.1. The molecule has 2 fully saturated rings. The maximum atomic E-state index is 13.6. The Morgan fingerprint density at radius 1 is 1.42 bits per heavy atom. The van der Waals surface area contributed by atoms with Crippen LogP contribution in [0.25, 0.3) is 0 Å². The highest BCUT2D eigenvalue weighted by molar-refractivity contribution is 5.45. The fourth-order valence-corrected chi connectivity index (χ4v) is 3.15. The molecule has 19 heavy (non-hydrogen) atoms. The molecule has 0 aliphatic heterocycles. The van der Waals surface area contributed by atoms with Gasteiger partial charge in [0, 0.05) is 11.0 Å². The van der Waals surface area contributed by atoms with E-state index in [1.54, 1.807) is 12.1 Å². The molecular formula is C16H22FNO. The first kappa shape index (κ1) is 12.9. The first-order valence-electron chi connectivity index (χ1n) is 7.32. The van der Waals surface area contributed by atoms with Crippen molar-refractivity contribution in [2.45, 2.75) is 38.0 Å². The van der Waals surface area contributed by atoms with Gasteiger partial charge >= 0.3 is 0 Å². The minimum absolute atomic E-state index is 0.0513. The molecule has 104 valence electrons. The molecule has 2 aliphatic carbocycles. The molecule has 1 aromatic carbocycles. The third-order valence-corrected chi connectivity index (χ3v) is 4.80. The largest absolute Gasteiger partial charge is 0.493 e. The van der Waals surface area contributed by atoms with Crippen LogP contribution in [0, 0.1) is 17.7 Å². The van der Waals surface area contributed by atoms with Gasteiger partial charge in [0.1, 0.15) is 11.6 Å². The van der Waals surface area contributed by atoms with Crippen molar-refractivity contribution in [1.82, 2.24) is 0 Å². The Morgan fingerprint density at radius 2 is 2.21 bits per heavy atom. The lowest BCUT2D eigenvalue weighted by Crippen LogP contribution is -2.16. The molecule has 0 bridgehead atoms. The molecule has 3 rings (SSSR count). The van der Waals surface area contributed by atoms with Gasteiger partial charge in [-0.2, -0.15) is 0 Å². The molecule has 2 saturated carbocycles. The van der Waals surface area contributed by atoms with E-state index >= 15 is 0 Å². The molecule has 0 spiro atoms. The Kier molecular flexibility index (Phi) is 3.25. The summed E-state index contributed by atoms with van der Waals surface area (Å²) < 4.78 is 19.5. The number of hydrogen-bond donors (Lipinski definition) is 1. The van der Waals surface area contributed by atoms with Crippen LogP contribution in [0.1, 0.15) is 38.2 Å². The average molecular weight is 263 g/mol. The zero-order valence-corrected chi connectivity index (χ0v) is 11.5. The second-order valence-electron chi connectivity index (χ2n) is 6.04. The van der Waals surface area contributed by atoms with E-state index in [9.17, 15) is 4.39 Å². The first-order chi connectivity index (χ1) is 9.19. The molecule has 0 aromatic heterocycles. The lowest BCUT2D eigenvalue weighted by molar-refractivity contribution is 0.292. The van der Waals surface area contributed by atoms with Crippen molar-refractivity contribution in [3.63, 3.8) is 0 Å². The molecule has 2 nitrogen and oxygen atoms in total. The van der Waals surface area contributed by atoms with Crippen molar-refractivity contribution in [2.24, 2.45) is 17.6 Å². The molecule has 2 unspecified atom stereocenters. The Hall–Kier alpha value is -1.09. The summed E-state index contributed by atoms with van der Waals surface area (Å²) in [4.78, 5) is 0. The lowest BCUT2D eigenvalue weighted by atomic mass is 9.89. The SMILES string of the molecule is CCC1(c2cc(F)ccc2OCC2CC2)CC1CN. The monoisotopic (exact) mass is 263 g/mol. The standard InChI is InChI=1S/C16H22FNO/c1-2-16(8-12(16)9-18)14-7-13(17)5-6-15(14)19-10-11-3-4-11/h5-7,11-12H,2-4,8-10,18H2,1H3. The summed E-state index contributed by atoms with van der Waals surface area (Å²) >= 11 is 0. The topological polar surface area (TPSA) is 35.2 Å². The Labute approximate surface area is 114 Å². The van der Waals surface area contributed by atoms with E-state index in [1.165, 1.54) is 18.9 Å². The van der Waals surface area contributed by atoms with E-state index in [0.29, 0.717) is 18.4 Å². The van der Waals surface area contributed by atoms with Crippen LogP contribution in [0.3, 0.4) is 0 Å². The van der Waals surface area contributed by atoms with E-state index in [-0.39, 0.29) is 11.2 Å². The second-order valence-corrected chi connectivity index (χ2v) is 6.04. The molecule has 2 N–H and O–H groups in total. The van der Waals surface area contributed by atoms with Crippen LogP contribution in [-0.2, 0) is 5.41 Å². The van der Waals surface area contributed by atoms with Crippen molar-refractivity contribution in [3.05, 3.63) is 29.6 Å². The molecule has 2 aliphatic rings. The van der Waals surface area contributed by atoms with E-state index < -0.39 is 0 Å². The van der Waals surface area contributed by atoms with Gasteiger partial charge in [-0.25, -0.2) is 4.39 Å². The number of hydrogen-bond acceptors (Lipinski definition) is 2. The van der Waals surface area contributed by atoms with E-state index in [0.717, 1.165) is 30.8 Å².